The fourth-order valence-electron chi connectivity index (χ4n) is 4.67. The lowest BCUT2D eigenvalue weighted by Crippen LogP contribution is -1.91. The Morgan fingerprint density at radius 3 is 1.12 bits per heavy atom. The lowest BCUT2D eigenvalue weighted by Gasteiger charge is -2.08. The third-order valence-electron chi connectivity index (χ3n) is 6.96. The fourth-order valence-corrected chi connectivity index (χ4v) is 4.67. The molecular weight excluding hydrogens is 594 g/mol. The summed E-state index contributed by atoms with van der Waals surface area (Å²) in [6, 6.07) is 32.7. The van der Waals surface area contributed by atoms with Crippen molar-refractivity contribution in [3.63, 3.8) is 0 Å². The average molecular weight is 610 g/mol. The molecule has 0 saturated carbocycles. The van der Waals surface area contributed by atoms with Crippen LogP contribution in [-0.4, -0.2) is 0 Å². The third-order valence-corrected chi connectivity index (χ3v) is 6.96. The number of benzene rings is 4. The number of hydrogen-bond donors (Lipinski definition) is 0. The first-order valence-corrected chi connectivity index (χ1v) is 13.6. The first-order chi connectivity index (χ1) is 23.3. The highest BCUT2D eigenvalue weighted by Crippen LogP contribution is 2.33. The Bertz CT molecular complexity index is 2210. The van der Waals surface area contributed by atoms with Crippen molar-refractivity contribution >= 4 is 46.3 Å². The van der Waals surface area contributed by atoms with Crippen LogP contribution in [0, 0.1) is 92.5 Å². The molecule has 0 aliphatic carbocycles. The molecule has 0 radical (unpaired) electrons. The molecule has 0 atom stereocenters. The Morgan fingerprint density at radius 1 is 0.438 bits per heavy atom. The summed E-state index contributed by atoms with van der Waals surface area (Å²) < 4.78 is 0. The minimum absolute atomic E-state index is 0.0968. The Kier molecular flexibility index (Phi) is 10.00. The molecule has 0 heterocycles. The zero-order valence-corrected chi connectivity index (χ0v) is 24.7. The molecule has 0 fully saturated rings. The Hall–Kier alpha value is -8.49. The minimum Gasteiger partial charge on any atom is -0.250 e. The summed E-state index contributed by atoms with van der Waals surface area (Å²) in [6.07, 6.45) is 4.69. The maximum absolute atomic E-state index is 10.1. The molecule has 4 aromatic rings. The van der Waals surface area contributed by atoms with Gasteiger partial charge in [-0.15, -0.1) is 0 Å². The fraction of sp³-hybridized carbons (Fsp3) is 0. The SMILES string of the molecule is [C-]#[N+]c1ccc(/C(C#N)=C/c2cc(/C=C(\C#N)c3ccc(C#N)c(C#N)c3)cc(/C=C(\C#N)c3ccc(C#N)c(C#N)c3)c2)cc1[N+]#[C-]. The number of allylic oxidation sites excluding steroid dienone is 3. The highest BCUT2D eigenvalue weighted by Gasteiger charge is 2.12. The van der Waals surface area contributed by atoms with Crippen molar-refractivity contribution in [2.45, 2.75) is 0 Å². The van der Waals surface area contributed by atoms with Crippen molar-refractivity contribution < 1.29 is 0 Å². The van der Waals surface area contributed by atoms with E-state index in [1.807, 2.05) is 24.3 Å². The van der Waals surface area contributed by atoms with Gasteiger partial charge in [0.1, 0.15) is 24.3 Å². The summed E-state index contributed by atoms with van der Waals surface area (Å²) >= 11 is 0. The van der Waals surface area contributed by atoms with E-state index in [1.165, 1.54) is 36.4 Å². The van der Waals surface area contributed by atoms with E-state index in [0.717, 1.165) is 0 Å². The molecule has 0 aliphatic rings. The van der Waals surface area contributed by atoms with Crippen molar-refractivity contribution in [3.8, 4) is 42.5 Å². The molecule has 0 spiro atoms. The second kappa shape index (κ2) is 14.8. The monoisotopic (exact) mass is 609 g/mol. The summed E-state index contributed by atoms with van der Waals surface area (Å²) in [7, 11) is 0. The molecule has 0 aliphatic heterocycles. The highest BCUT2D eigenvalue weighted by molar-refractivity contribution is 5.96. The molecule has 0 amide bonds. The topological polar surface area (TPSA) is 175 Å². The minimum atomic E-state index is 0.0968. The standard InChI is InChI=1S/C39H15N9/c1-47-38-8-7-30(17-39(38)48-2)35(22-44)14-27-10-25(12-33(20-42)28-3-5-31(18-40)36(15-28)23-45)9-26(11-27)13-34(21-43)29-4-6-32(19-41)37(16-29)24-46/h3-17H/b33-12+,34-13+,35-14+. The number of nitrogens with zero attached hydrogens (tertiary/aromatic N) is 9. The molecule has 0 N–H and O–H groups in total. The number of nitriles is 7. The van der Waals surface area contributed by atoms with Crippen molar-refractivity contribution in [2.75, 3.05) is 0 Å². The molecule has 0 bridgehead atoms. The predicted molar refractivity (Wildman–Crippen MR) is 178 cm³/mol. The average Bonchev–Trinajstić information content (AvgIpc) is 3.13. The predicted octanol–water partition coefficient (Wildman–Crippen LogP) is 8.47. The second-order valence-corrected chi connectivity index (χ2v) is 9.84. The van der Waals surface area contributed by atoms with Crippen LogP contribution in [0.5, 0.6) is 0 Å². The zero-order valence-electron chi connectivity index (χ0n) is 24.7. The van der Waals surface area contributed by atoms with Crippen molar-refractivity contribution in [1.82, 2.24) is 0 Å². The van der Waals surface area contributed by atoms with E-state index in [1.54, 1.807) is 54.6 Å². The van der Waals surface area contributed by atoms with E-state index >= 15 is 0 Å². The van der Waals surface area contributed by atoms with Gasteiger partial charge in [0.15, 0.2) is 11.4 Å². The van der Waals surface area contributed by atoms with E-state index in [9.17, 15) is 36.8 Å². The van der Waals surface area contributed by atoms with E-state index in [0.29, 0.717) is 33.4 Å². The lowest BCUT2D eigenvalue weighted by atomic mass is 9.95. The Morgan fingerprint density at radius 2 is 0.792 bits per heavy atom. The van der Waals surface area contributed by atoms with Gasteiger partial charge in [-0.2, -0.15) is 36.8 Å². The van der Waals surface area contributed by atoms with Crippen molar-refractivity contribution in [2.24, 2.45) is 0 Å². The molecule has 4 aromatic carbocycles. The first-order valence-electron chi connectivity index (χ1n) is 13.6. The first kappa shape index (κ1) is 32.4. The summed E-state index contributed by atoms with van der Waals surface area (Å²) in [6.45, 7) is 14.7. The number of rotatable bonds is 6. The molecule has 48 heavy (non-hydrogen) atoms. The Labute approximate surface area is 276 Å². The van der Waals surface area contributed by atoms with Crippen LogP contribution in [0.4, 0.5) is 11.4 Å². The Balaban J connectivity index is 1.96. The molecular formula is C39H15N9. The zero-order chi connectivity index (χ0) is 34.6. The summed E-state index contributed by atoms with van der Waals surface area (Å²) in [4.78, 5) is 6.73. The number of hydrogen-bond acceptors (Lipinski definition) is 7. The van der Waals surface area contributed by atoms with Gasteiger partial charge < -0.3 is 0 Å². The van der Waals surface area contributed by atoms with Crippen LogP contribution in [0.2, 0.25) is 0 Å². The molecule has 0 unspecified atom stereocenters. The van der Waals surface area contributed by atoms with Crippen LogP contribution >= 0.6 is 0 Å². The van der Waals surface area contributed by atoms with Gasteiger partial charge in [-0.25, -0.2) is 0 Å². The van der Waals surface area contributed by atoms with E-state index in [4.69, 9.17) is 13.1 Å². The van der Waals surface area contributed by atoms with Gasteiger partial charge in [0.2, 0.25) is 0 Å². The maximum atomic E-state index is 10.1. The maximum Gasteiger partial charge on any atom is 0.195 e. The van der Waals surface area contributed by atoms with Crippen LogP contribution in [0.25, 0.3) is 44.6 Å². The summed E-state index contributed by atoms with van der Waals surface area (Å²) in [5.41, 5.74) is 4.02. The van der Waals surface area contributed by atoms with Gasteiger partial charge in [0.25, 0.3) is 0 Å². The van der Waals surface area contributed by atoms with Crippen LogP contribution in [0.15, 0.2) is 72.8 Å². The van der Waals surface area contributed by atoms with Gasteiger partial charge >= 0.3 is 0 Å². The van der Waals surface area contributed by atoms with E-state index in [-0.39, 0.29) is 50.3 Å². The van der Waals surface area contributed by atoms with Crippen LogP contribution in [0.1, 0.15) is 55.6 Å². The largest absolute Gasteiger partial charge is 0.250 e. The van der Waals surface area contributed by atoms with Gasteiger partial charge in [-0.05, 0) is 94.1 Å². The van der Waals surface area contributed by atoms with Gasteiger partial charge in [-0.3, -0.25) is 9.69 Å². The lowest BCUT2D eigenvalue weighted by molar-refractivity contribution is 1.42. The van der Waals surface area contributed by atoms with E-state index in [2.05, 4.69) is 27.9 Å². The van der Waals surface area contributed by atoms with E-state index < -0.39 is 0 Å². The van der Waals surface area contributed by atoms with Gasteiger partial charge in [0, 0.05) is 0 Å². The molecule has 9 nitrogen and oxygen atoms in total. The van der Waals surface area contributed by atoms with Crippen molar-refractivity contribution in [3.05, 3.63) is 151 Å². The summed E-state index contributed by atoms with van der Waals surface area (Å²) in [5, 5.41) is 67.7. The smallest absolute Gasteiger partial charge is 0.195 e. The highest BCUT2D eigenvalue weighted by atomic mass is 14.7. The second-order valence-electron chi connectivity index (χ2n) is 9.84. The molecule has 0 aromatic heterocycles. The molecule has 9 heteroatoms. The van der Waals surface area contributed by atoms with Crippen molar-refractivity contribution in [1.29, 1.82) is 36.8 Å². The molecule has 4 rings (SSSR count). The molecule has 0 saturated heterocycles. The van der Waals surface area contributed by atoms with Gasteiger partial charge in [-0.1, -0.05) is 30.3 Å². The molecule has 216 valence electrons. The van der Waals surface area contributed by atoms with Crippen LogP contribution in [-0.2, 0) is 0 Å². The third kappa shape index (κ3) is 7.00. The normalized spacial score (nSPS) is 10.7. The summed E-state index contributed by atoms with van der Waals surface area (Å²) in [5.74, 6) is 0. The quantitative estimate of drug-likeness (QED) is 0.120. The van der Waals surface area contributed by atoms with Gasteiger partial charge in [0.05, 0.1) is 70.3 Å². The van der Waals surface area contributed by atoms with Crippen LogP contribution in [0.3, 0.4) is 0 Å². The van der Waals surface area contributed by atoms with Crippen LogP contribution < -0.4 is 0 Å².